The van der Waals surface area contributed by atoms with E-state index in [1.54, 1.807) is 0 Å². The minimum absolute atomic E-state index is 0.194. The fourth-order valence-corrected chi connectivity index (χ4v) is 3.13. The first kappa shape index (κ1) is 10.5. The zero-order valence-electron chi connectivity index (χ0n) is 8.04. The Balaban J connectivity index is 1.90. The van der Waals surface area contributed by atoms with E-state index in [9.17, 15) is 13.0 Å². The van der Waals surface area contributed by atoms with E-state index in [0.717, 1.165) is 19.3 Å². The van der Waals surface area contributed by atoms with Crippen LogP contribution < -0.4 is 0 Å². The largest absolute Gasteiger partial charge is 0.342 e. The zero-order valence-corrected chi connectivity index (χ0v) is 8.86. The van der Waals surface area contributed by atoms with Crippen molar-refractivity contribution in [1.29, 1.82) is 0 Å². The van der Waals surface area contributed by atoms with E-state index in [0.29, 0.717) is 18.8 Å². The van der Waals surface area contributed by atoms with Gasteiger partial charge in [0.15, 0.2) is 0 Å². The average molecular weight is 224 g/mol. The molecule has 0 N–H and O–H groups in total. The molecule has 2 fully saturated rings. The summed E-state index contributed by atoms with van der Waals surface area (Å²) in [5.41, 5.74) is 0. The Kier molecular flexibility index (Phi) is 2.64. The maximum Gasteiger partial charge on any atom is 0.342 e. The van der Waals surface area contributed by atoms with E-state index in [1.807, 2.05) is 0 Å². The van der Waals surface area contributed by atoms with Crippen molar-refractivity contribution in [3.05, 3.63) is 0 Å². The van der Waals surface area contributed by atoms with Crippen LogP contribution in [0.3, 0.4) is 0 Å². The zero-order chi connectivity index (χ0) is 10.3. The van der Waals surface area contributed by atoms with E-state index < -0.39 is 16.3 Å². The van der Waals surface area contributed by atoms with E-state index in [1.165, 1.54) is 6.42 Å². The maximum absolute atomic E-state index is 12.6. The third-order valence-electron chi connectivity index (χ3n) is 3.18. The molecule has 2 aliphatic carbocycles. The number of hydrogen-bond donors (Lipinski definition) is 0. The molecule has 4 atom stereocenters. The highest BCUT2D eigenvalue weighted by atomic mass is 32.2. The van der Waals surface area contributed by atoms with E-state index in [4.69, 9.17) is 4.18 Å². The summed E-state index contributed by atoms with van der Waals surface area (Å²) in [6, 6.07) is 0. The van der Waals surface area contributed by atoms with Gasteiger partial charge in [0, 0.05) is 6.92 Å². The van der Waals surface area contributed by atoms with Gasteiger partial charge in [0.05, 0.1) is 6.10 Å². The van der Waals surface area contributed by atoms with Crippen LogP contribution in [0.25, 0.3) is 0 Å². The van der Waals surface area contributed by atoms with Crippen LogP contribution in [0.2, 0.25) is 0 Å². The van der Waals surface area contributed by atoms with E-state index >= 15 is 0 Å². The van der Waals surface area contributed by atoms with Crippen LogP contribution in [0, 0.1) is 11.8 Å². The Morgan fingerprint density at radius 1 is 1.36 bits per heavy atom. The molecule has 82 valence electrons. The first-order chi connectivity index (χ1) is 6.47. The summed E-state index contributed by atoms with van der Waals surface area (Å²) in [7, 11) is 0. The molecule has 2 nitrogen and oxygen atoms in total. The monoisotopic (exact) mass is 224 g/mol. The van der Waals surface area contributed by atoms with Gasteiger partial charge in [-0.1, -0.05) is 0 Å². The molecule has 0 saturated heterocycles. The van der Waals surface area contributed by atoms with Crippen molar-refractivity contribution in [2.75, 3.05) is 0 Å². The molecule has 0 aromatic heterocycles. The summed E-state index contributed by atoms with van der Waals surface area (Å²) >= 11 is -2.46. The molecule has 2 bridgehead atoms. The summed E-state index contributed by atoms with van der Waals surface area (Å²) in [6.07, 6.45) is 3.91. The third-order valence-corrected chi connectivity index (χ3v) is 4.18. The minimum Gasteiger partial charge on any atom is -0.282 e. The van der Waals surface area contributed by atoms with Gasteiger partial charge in [-0.25, -0.2) is 4.21 Å². The van der Waals surface area contributed by atoms with Gasteiger partial charge >= 0.3 is 5.25 Å². The Morgan fingerprint density at radius 2 is 2.07 bits per heavy atom. The fraction of sp³-hybridized carbons (Fsp3) is 1.00. The number of fused-ring (bicyclic) bond motifs is 2. The van der Waals surface area contributed by atoms with Crippen LogP contribution in [0.4, 0.5) is 8.78 Å². The van der Waals surface area contributed by atoms with Crippen LogP contribution in [0.5, 0.6) is 0 Å². The van der Waals surface area contributed by atoms with Crippen molar-refractivity contribution < 1.29 is 17.2 Å². The summed E-state index contributed by atoms with van der Waals surface area (Å²) in [5, 5.41) is -3.23. The second-order valence-electron chi connectivity index (χ2n) is 4.35. The molecule has 0 radical (unpaired) electrons. The number of alkyl halides is 2. The molecule has 0 spiro atoms. The van der Waals surface area contributed by atoms with Gasteiger partial charge < -0.3 is 0 Å². The molecule has 2 aliphatic rings. The smallest absolute Gasteiger partial charge is 0.282 e. The molecule has 0 aliphatic heterocycles. The lowest BCUT2D eigenvalue weighted by molar-refractivity contribution is 0.0824. The summed E-state index contributed by atoms with van der Waals surface area (Å²) < 4.78 is 41.1. The topological polar surface area (TPSA) is 26.3 Å². The molecule has 2 rings (SSSR count). The number of hydrogen-bond acceptors (Lipinski definition) is 2. The number of rotatable bonds is 3. The van der Waals surface area contributed by atoms with Gasteiger partial charge in [-0.2, -0.15) is 8.78 Å². The van der Waals surface area contributed by atoms with Gasteiger partial charge in [0.1, 0.15) is 0 Å². The Morgan fingerprint density at radius 3 is 2.50 bits per heavy atom. The Hall–Kier alpha value is -0.0300. The van der Waals surface area contributed by atoms with Crippen LogP contribution in [-0.4, -0.2) is 15.6 Å². The molecule has 0 heterocycles. The van der Waals surface area contributed by atoms with Crippen molar-refractivity contribution in [2.24, 2.45) is 11.8 Å². The van der Waals surface area contributed by atoms with E-state index in [2.05, 4.69) is 0 Å². The SMILES string of the molecule is CC(F)(F)S(=O)OC1CC2CCC1C2. The first-order valence-corrected chi connectivity index (χ1v) is 6.01. The highest BCUT2D eigenvalue weighted by Gasteiger charge is 2.44. The standard InChI is InChI=1S/C9H14F2O2S/c1-9(10,11)14(12)13-8-5-6-2-3-7(8)4-6/h6-8H,2-5H2,1H3. The van der Waals surface area contributed by atoms with Gasteiger partial charge in [-0.05, 0) is 37.5 Å². The van der Waals surface area contributed by atoms with Gasteiger partial charge in [0.2, 0.25) is 11.1 Å². The van der Waals surface area contributed by atoms with Crippen molar-refractivity contribution in [2.45, 2.75) is 44.0 Å². The summed E-state index contributed by atoms with van der Waals surface area (Å²) in [5.74, 6) is 0.985. The van der Waals surface area contributed by atoms with Gasteiger partial charge in [-0.3, -0.25) is 4.18 Å². The van der Waals surface area contributed by atoms with Crippen LogP contribution in [0.15, 0.2) is 0 Å². The van der Waals surface area contributed by atoms with Crippen molar-refractivity contribution in [3.8, 4) is 0 Å². The summed E-state index contributed by atoms with van der Waals surface area (Å²) in [6.45, 7) is 0.635. The highest BCUT2D eigenvalue weighted by Crippen LogP contribution is 2.46. The van der Waals surface area contributed by atoms with Crippen LogP contribution in [0.1, 0.15) is 32.6 Å². The molecule has 4 unspecified atom stereocenters. The summed E-state index contributed by atoms with van der Waals surface area (Å²) in [4.78, 5) is 0. The van der Waals surface area contributed by atoms with Gasteiger partial charge in [0.25, 0.3) is 0 Å². The number of halogens is 2. The van der Waals surface area contributed by atoms with Crippen molar-refractivity contribution in [3.63, 3.8) is 0 Å². The fourth-order valence-electron chi connectivity index (χ4n) is 2.50. The van der Waals surface area contributed by atoms with Gasteiger partial charge in [-0.15, -0.1) is 0 Å². The average Bonchev–Trinajstić information content (AvgIpc) is 2.62. The molecule has 0 aromatic rings. The molecule has 14 heavy (non-hydrogen) atoms. The third kappa shape index (κ3) is 1.98. The first-order valence-electron chi connectivity index (χ1n) is 4.93. The van der Waals surface area contributed by atoms with Crippen molar-refractivity contribution in [1.82, 2.24) is 0 Å². The normalized spacial score (nSPS) is 38.9. The second kappa shape index (κ2) is 3.52. The molecule has 0 amide bonds. The predicted octanol–water partition coefficient (Wildman–Crippen LogP) is 2.47. The van der Waals surface area contributed by atoms with Crippen molar-refractivity contribution >= 4 is 11.1 Å². The quantitative estimate of drug-likeness (QED) is 0.736. The maximum atomic E-state index is 12.6. The van der Waals surface area contributed by atoms with Crippen LogP contribution >= 0.6 is 0 Å². The molecule has 2 saturated carbocycles. The lowest BCUT2D eigenvalue weighted by Crippen LogP contribution is -2.28. The van der Waals surface area contributed by atoms with Crippen LogP contribution in [-0.2, 0) is 15.3 Å². The lowest BCUT2D eigenvalue weighted by Gasteiger charge is -2.22. The lowest BCUT2D eigenvalue weighted by atomic mass is 9.98. The second-order valence-corrected chi connectivity index (χ2v) is 5.73. The molecular formula is C9H14F2O2S. The molecular weight excluding hydrogens is 210 g/mol. The predicted molar refractivity (Wildman–Crippen MR) is 49.1 cm³/mol. The Bertz CT molecular complexity index is 252. The highest BCUT2D eigenvalue weighted by molar-refractivity contribution is 7.81. The Labute approximate surface area is 84.7 Å². The molecule has 5 heteroatoms. The molecule has 0 aromatic carbocycles. The minimum atomic E-state index is -3.23. The van der Waals surface area contributed by atoms with E-state index in [-0.39, 0.29) is 6.10 Å².